The van der Waals surface area contributed by atoms with Crippen molar-refractivity contribution in [2.75, 3.05) is 0 Å². The first-order valence-corrected chi connectivity index (χ1v) is 9.95. The Labute approximate surface area is 170 Å². The zero-order chi connectivity index (χ0) is 21.5. The third-order valence-electron chi connectivity index (χ3n) is 5.75. The van der Waals surface area contributed by atoms with Gasteiger partial charge in [-0.25, -0.2) is 0 Å². The number of hydrogen-bond donors (Lipinski definition) is 0. The van der Waals surface area contributed by atoms with E-state index in [0.717, 1.165) is 35.8 Å². The van der Waals surface area contributed by atoms with Gasteiger partial charge in [0.15, 0.2) is 0 Å². The van der Waals surface area contributed by atoms with E-state index in [0.29, 0.717) is 16.7 Å². The fourth-order valence-electron chi connectivity index (χ4n) is 4.29. The standard InChI is InChI=1S/C24H20F6/c25-23(26,27)19-12-18(13-20(14-19)24(28,29)30)21-8-4-7-17-10-16(11-22(17)21)9-15-5-2-1-3-6-15/h4,7-15H,1-3,5-6H2. The molecule has 0 heterocycles. The van der Waals surface area contributed by atoms with Gasteiger partial charge in [-0.15, -0.1) is 0 Å². The molecule has 4 rings (SSSR count). The van der Waals surface area contributed by atoms with Crippen LogP contribution in [0.1, 0.15) is 43.2 Å². The highest BCUT2D eigenvalue weighted by Gasteiger charge is 2.37. The molecule has 0 atom stereocenters. The van der Waals surface area contributed by atoms with E-state index in [1.54, 1.807) is 12.1 Å². The number of benzene rings is 2. The maximum atomic E-state index is 13.3. The van der Waals surface area contributed by atoms with Gasteiger partial charge in [-0.3, -0.25) is 0 Å². The molecule has 0 bridgehead atoms. The van der Waals surface area contributed by atoms with Crippen molar-refractivity contribution in [3.8, 4) is 11.1 Å². The average Bonchev–Trinajstić information content (AvgIpc) is 3.09. The summed E-state index contributed by atoms with van der Waals surface area (Å²) in [6.07, 6.45) is 2.07. The van der Waals surface area contributed by atoms with Crippen molar-refractivity contribution in [1.82, 2.24) is 0 Å². The van der Waals surface area contributed by atoms with Crippen LogP contribution in [-0.2, 0) is 12.4 Å². The highest BCUT2D eigenvalue weighted by Crippen LogP contribution is 2.38. The molecule has 2 aliphatic carbocycles. The van der Waals surface area contributed by atoms with Gasteiger partial charge in [-0.05, 0) is 76.2 Å². The van der Waals surface area contributed by atoms with Crippen molar-refractivity contribution in [3.63, 3.8) is 0 Å². The van der Waals surface area contributed by atoms with Crippen molar-refractivity contribution in [3.05, 3.63) is 69.6 Å². The molecule has 0 saturated heterocycles. The summed E-state index contributed by atoms with van der Waals surface area (Å²) >= 11 is 0. The summed E-state index contributed by atoms with van der Waals surface area (Å²) in [5.74, 6) is 0.462. The van der Waals surface area contributed by atoms with E-state index in [2.05, 4.69) is 6.08 Å². The van der Waals surface area contributed by atoms with E-state index < -0.39 is 23.5 Å². The van der Waals surface area contributed by atoms with Crippen LogP contribution in [0.15, 0.2) is 48.0 Å². The predicted molar refractivity (Wildman–Crippen MR) is 105 cm³/mol. The quantitative estimate of drug-likeness (QED) is 0.487. The minimum Gasteiger partial charge on any atom is -0.166 e. The van der Waals surface area contributed by atoms with Crippen LogP contribution in [0.5, 0.6) is 0 Å². The van der Waals surface area contributed by atoms with Crippen molar-refractivity contribution >= 4 is 12.2 Å². The van der Waals surface area contributed by atoms with E-state index in [-0.39, 0.29) is 11.6 Å². The van der Waals surface area contributed by atoms with E-state index in [1.165, 1.54) is 19.3 Å². The zero-order valence-corrected chi connectivity index (χ0v) is 16.1. The van der Waals surface area contributed by atoms with Crippen molar-refractivity contribution < 1.29 is 26.3 Å². The molecule has 2 aromatic carbocycles. The van der Waals surface area contributed by atoms with E-state index >= 15 is 0 Å². The van der Waals surface area contributed by atoms with Gasteiger partial charge < -0.3 is 0 Å². The van der Waals surface area contributed by atoms with Gasteiger partial charge in [0, 0.05) is 0 Å². The Morgan fingerprint density at radius 3 is 2.00 bits per heavy atom. The molecule has 2 aliphatic rings. The minimum absolute atomic E-state index is 0.0856. The van der Waals surface area contributed by atoms with E-state index in [9.17, 15) is 26.3 Å². The van der Waals surface area contributed by atoms with Crippen LogP contribution < -0.4 is 10.4 Å². The fraction of sp³-hybridized carbons (Fsp3) is 0.333. The van der Waals surface area contributed by atoms with Crippen molar-refractivity contribution in [1.29, 1.82) is 0 Å². The van der Waals surface area contributed by atoms with Crippen LogP contribution in [0.3, 0.4) is 0 Å². The SMILES string of the molecule is FC(F)(F)c1cc(-c2cccc3c2=CC(=CC2CCCCC2)C=3)cc(C(F)(F)F)c1. The smallest absolute Gasteiger partial charge is 0.166 e. The summed E-state index contributed by atoms with van der Waals surface area (Å²) in [6, 6.07) is 6.81. The maximum Gasteiger partial charge on any atom is 0.416 e. The summed E-state index contributed by atoms with van der Waals surface area (Å²) in [5.41, 5.74) is -1.35. The molecule has 0 unspecified atom stereocenters. The minimum atomic E-state index is -4.87. The van der Waals surface area contributed by atoms with Crippen LogP contribution in [0.4, 0.5) is 26.3 Å². The van der Waals surface area contributed by atoms with Gasteiger partial charge in [-0.1, -0.05) is 43.5 Å². The molecular formula is C24H20F6. The summed E-state index contributed by atoms with van der Waals surface area (Å²) in [6.45, 7) is 0. The lowest BCUT2D eigenvalue weighted by Crippen LogP contribution is -2.23. The molecule has 0 N–H and O–H groups in total. The van der Waals surface area contributed by atoms with E-state index in [1.807, 2.05) is 18.2 Å². The van der Waals surface area contributed by atoms with Gasteiger partial charge in [0.2, 0.25) is 0 Å². The Hall–Kier alpha value is -2.50. The first-order valence-electron chi connectivity index (χ1n) is 9.95. The number of halogens is 6. The molecule has 0 radical (unpaired) electrons. The van der Waals surface area contributed by atoms with Gasteiger partial charge in [0.05, 0.1) is 11.1 Å². The molecule has 0 nitrogen and oxygen atoms in total. The highest BCUT2D eigenvalue weighted by molar-refractivity contribution is 5.78. The number of fused-ring (bicyclic) bond motifs is 1. The molecule has 1 fully saturated rings. The first-order chi connectivity index (χ1) is 14.1. The summed E-state index contributed by atoms with van der Waals surface area (Å²) < 4.78 is 79.5. The Morgan fingerprint density at radius 1 is 0.767 bits per heavy atom. The molecule has 0 aliphatic heterocycles. The van der Waals surface area contributed by atoms with Gasteiger partial charge in [0.25, 0.3) is 0 Å². The van der Waals surface area contributed by atoms with Crippen LogP contribution in [0.25, 0.3) is 23.3 Å². The second-order valence-corrected chi connectivity index (χ2v) is 7.96. The Balaban J connectivity index is 1.83. The third-order valence-corrected chi connectivity index (χ3v) is 5.75. The van der Waals surface area contributed by atoms with Gasteiger partial charge in [-0.2, -0.15) is 26.3 Å². The third kappa shape index (κ3) is 4.32. The molecule has 2 aromatic rings. The van der Waals surface area contributed by atoms with Crippen LogP contribution in [-0.4, -0.2) is 0 Å². The van der Waals surface area contributed by atoms with Crippen molar-refractivity contribution in [2.24, 2.45) is 5.92 Å². The molecule has 0 aromatic heterocycles. The number of alkyl halides is 6. The maximum absolute atomic E-state index is 13.3. The zero-order valence-electron chi connectivity index (χ0n) is 16.1. The van der Waals surface area contributed by atoms with Crippen LogP contribution >= 0.6 is 0 Å². The van der Waals surface area contributed by atoms with Gasteiger partial charge in [0.1, 0.15) is 0 Å². The Kier molecular flexibility index (Phi) is 5.28. The Bertz CT molecular complexity index is 1060. The topological polar surface area (TPSA) is 0 Å². The molecule has 1 saturated carbocycles. The molecular weight excluding hydrogens is 402 g/mol. The second kappa shape index (κ2) is 7.64. The summed E-state index contributed by atoms with van der Waals surface area (Å²) in [7, 11) is 0. The molecule has 0 amide bonds. The highest BCUT2D eigenvalue weighted by atomic mass is 19.4. The van der Waals surface area contributed by atoms with Crippen LogP contribution in [0, 0.1) is 5.92 Å². The molecule has 6 heteroatoms. The largest absolute Gasteiger partial charge is 0.416 e. The number of allylic oxidation sites excluding steroid dienone is 2. The Morgan fingerprint density at radius 2 is 1.40 bits per heavy atom. The monoisotopic (exact) mass is 422 g/mol. The molecule has 0 spiro atoms. The number of rotatable bonds is 2. The number of hydrogen-bond acceptors (Lipinski definition) is 0. The average molecular weight is 422 g/mol. The normalized spacial score (nSPS) is 18.8. The predicted octanol–water partition coefficient (Wildman–Crippen LogP) is 6.47. The first kappa shape index (κ1) is 20.8. The molecule has 158 valence electrons. The lowest BCUT2D eigenvalue weighted by Gasteiger charge is -2.18. The lowest BCUT2D eigenvalue weighted by molar-refractivity contribution is -0.143. The molecule has 30 heavy (non-hydrogen) atoms. The fourth-order valence-corrected chi connectivity index (χ4v) is 4.29. The lowest BCUT2D eigenvalue weighted by atomic mass is 9.88. The van der Waals surface area contributed by atoms with Crippen LogP contribution in [0.2, 0.25) is 0 Å². The second-order valence-electron chi connectivity index (χ2n) is 7.96. The summed E-state index contributed by atoms with van der Waals surface area (Å²) in [5, 5.41) is 1.47. The summed E-state index contributed by atoms with van der Waals surface area (Å²) in [4.78, 5) is 0. The van der Waals surface area contributed by atoms with Crippen molar-refractivity contribution in [2.45, 2.75) is 44.5 Å². The van der Waals surface area contributed by atoms with E-state index in [4.69, 9.17) is 0 Å². The van der Waals surface area contributed by atoms with Gasteiger partial charge >= 0.3 is 12.4 Å².